The third-order valence-electron chi connectivity index (χ3n) is 2.39. The molecule has 0 saturated carbocycles. The molecule has 0 fully saturated rings. The van der Waals surface area contributed by atoms with Crippen LogP contribution in [0.25, 0.3) is 0 Å². The monoisotopic (exact) mass is 250 g/mol. The highest BCUT2D eigenvalue weighted by atomic mass is 16.1. The summed E-state index contributed by atoms with van der Waals surface area (Å²) < 4.78 is 0. The SMILES string of the molecule is CCCNCCNc1ccnc(C(=O)NCC)c1. The summed E-state index contributed by atoms with van der Waals surface area (Å²) in [6.45, 7) is 7.41. The molecule has 1 aromatic heterocycles. The summed E-state index contributed by atoms with van der Waals surface area (Å²) in [5.74, 6) is -0.134. The maximum atomic E-state index is 11.6. The average Bonchev–Trinajstić information content (AvgIpc) is 2.39. The molecular formula is C13H22N4O. The first-order valence-electron chi connectivity index (χ1n) is 6.46. The molecule has 5 nitrogen and oxygen atoms in total. The molecule has 0 aliphatic rings. The molecule has 0 atom stereocenters. The van der Waals surface area contributed by atoms with Crippen LogP contribution in [0.15, 0.2) is 18.3 Å². The number of aromatic nitrogens is 1. The van der Waals surface area contributed by atoms with Gasteiger partial charge in [-0.25, -0.2) is 0 Å². The van der Waals surface area contributed by atoms with Gasteiger partial charge in [0, 0.05) is 31.5 Å². The van der Waals surface area contributed by atoms with Gasteiger partial charge in [-0.3, -0.25) is 9.78 Å². The minimum atomic E-state index is -0.134. The van der Waals surface area contributed by atoms with Gasteiger partial charge in [0.2, 0.25) is 0 Å². The number of anilines is 1. The lowest BCUT2D eigenvalue weighted by Gasteiger charge is -2.08. The van der Waals surface area contributed by atoms with Gasteiger partial charge >= 0.3 is 0 Å². The Kier molecular flexibility index (Phi) is 6.79. The zero-order chi connectivity index (χ0) is 13.2. The van der Waals surface area contributed by atoms with E-state index in [1.807, 2.05) is 13.0 Å². The number of nitrogens with one attached hydrogen (secondary N) is 3. The Morgan fingerprint density at radius 3 is 2.83 bits per heavy atom. The third-order valence-corrected chi connectivity index (χ3v) is 2.39. The topological polar surface area (TPSA) is 66.0 Å². The standard InChI is InChI=1S/C13H22N4O/c1-3-6-14-8-9-16-11-5-7-17-12(10-11)13(18)15-4-2/h5,7,10,14H,3-4,6,8-9H2,1-2H3,(H,15,18)(H,16,17). The molecule has 1 amide bonds. The Hall–Kier alpha value is -1.62. The first-order valence-corrected chi connectivity index (χ1v) is 6.46. The number of carbonyl (C=O) groups excluding carboxylic acids is 1. The molecule has 18 heavy (non-hydrogen) atoms. The number of hydrogen-bond acceptors (Lipinski definition) is 4. The van der Waals surface area contributed by atoms with E-state index >= 15 is 0 Å². The highest BCUT2D eigenvalue weighted by Gasteiger charge is 2.05. The largest absolute Gasteiger partial charge is 0.384 e. The molecular weight excluding hydrogens is 228 g/mol. The summed E-state index contributed by atoms with van der Waals surface area (Å²) in [7, 11) is 0. The van der Waals surface area contributed by atoms with Crippen molar-refractivity contribution in [1.29, 1.82) is 0 Å². The molecule has 0 spiro atoms. The van der Waals surface area contributed by atoms with E-state index in [0.717, 1.165) is 31.7 Å². The van der Waals surface area contributed by atoms with Crippen molar-refractivity contribution in [3.05, 3.63) is 24.0 Å². The summed E-state index contributed by atoms with van der Waals surface area (Å²) in [6.07, 6.45) is 2.78. The van der Waals surface area contributed by atoms with Gasteiger partial charge in [0.25, 0.3) is 5.91 Å². The van der Waals surface area contributed by atoms with Crippen LogP contribution in [0.5, 0.6) is 0 Å². The van der Waals surface area contributed by atoms with Crippen LogP contribution in [0, 0.1) is 0 Å². The van der Waals surface area contributed by atoms with E-state index in [1.165, 1.54) is 0 Å². The maximum Gasteiger partial charge on any atom is 0.269 e. The normalized spacial score (nSPS) is 10.1. The van der Waals surface area contributed by atoms with Gasteiger partial charge in [-0.15, -0.1) is 0 Å². The van der Waals surface area contributed by atoms with Crippen molar-refractivity contribution in [2.75, 3.05) is 31.5 Å². The smallest absolute Gasteiger partial charge is 0.269 e. The second-order valence-electron chi connectivity index (χ2n) is 3.97. The molecule has 0 unspecified atom stereocenters. The van der Waals surface area contributed by atoms with Gasteiger partial charge in [-0.05, 0) is 32.0 Å². The van der Waals surface area contributed by atoms with E-state index in [0.29, 0.717) is 12.2 Å². The summed E-state index contributed by atoms with van der Waals surface area (Å²) in [4.78, 5) is 15.6. The lowest BCUT2D eigenvalue weighted by atomic mass is 10.3. The van der Waals surface area contributed by atoms with Crippen molar-refractivity contribution in [3.63, 3.8) is 0 Å². The minimum absolute atomic E-state index is 0.134. The molecule has 0 bridgehead atoms. The number of pyridine rings is 1. The van der Waals surface area contributed by atoms with E-state index in [-0.39, 0.29) is 5.91 Å². The summed E-state index contributed by atoms with van der Waals surface area (Å²) in [6, 6.07) is 3.63. The van der Waals surface area contributed by atoms with Crippen LogP contribution >= 0.6 is 0 Å². The van der Waals surface area contributed by atoms with Gasteiger partial charge < -0.3 is 16.0 Å². The molecule has 1 aromatic rings. The number of rotatable bonds is 8. The van der Waals surface area contributed by atoms with E-state index in [1.54, 1.807) is 12.3 Å². The fourth-order valence-electron chi connectivity index (χ4n) is 1.51. The highest BCUT2D eigenvalue weighted by Crippen LogP contribution is 2.07. The van der Waals surface area contributed by atoms with Gasteiger partial charge in [0.1, 0.15) is 5.69 Å². The molecule has 0 aliphatic carbocycles. The van der Waals surface area contributed by atoms with Crippen molar-refractivity contribution < 1.29 is 4.79 Å². The molecule has 1 rings (SSSR count). The van der Waals surface area contributed by atoms with Crippen LogP contribution in [-0.2, 0) is 0 Å². The molecule has 100 valence electrons. The molecule has 0 aliphatic heterocycles. The first kappa shape index (κ1) is 14.4. The third kappa shape index (κ3) is 5.14. The van der Waals surface area contributed by atoms with Crippen molar-refractivity contribution in [2.45, 2.75) is 20.3 Å². The summed E-state index contributed by atoms with van der Waals surface area (Å²) in [5.41, 5.74) is 1.37. The van der Waals surface area contributed by atoms with Crippen LogP contribution < -0.4 is 16.0 Å². The lowest BCUT2D eigenvalue weighted by Crippen LogP contribution is -2.24. The molecule has 1 heterocycles. The number of amides is 1. The zero-order valence-corrected chi connectivity index (χ0v) is 11.1. The number of nitrogens with zero attached hydrogens (tertiary/aromatic N) is 1. The predicted molar refractivity (Wildman–Crippen MR) is 73.9 cm³/mol. The highest BCUT2D eigenvalue weighted by molar-refractivity contribution is 5.93. The minimum Gasteiger partial charge on any atom is -0.384 e. The van der Waals surface area contributed by atoms with Crippen LogP contribution in [0.1, 0.15) is 30.8 Å². The lowest BCUT2D eigenvalue weighted by molar-refractivity contribution is 0.0951. The number of carbonyl (C=O) groups is 1. The fraction of sp³-hybridized carbons (Fsp3) is 0.538. The van der Waals surface area contributed by atoms with Gasteiger partial charge in [-0.2, -0.15) is 0 Å². The van der Waals surface area contributed by atoms with Gasteiger partial charge in [0.15, 0.2) is 0 Å². The van der Waals surface area contributed by atoms with Crippen LogP contribution in [0.2, 0.25) is 0 Å². The summed E-state index contributed by atoms with van der Waals surface area (Å²) >= 11 is 0. The Labute approximate surface area is 108 Å². The Morgan fingerprint density at radius 1 is 1.28 bits per heavy atom. The second kappa shape index (κ2) is 8.47. The molecule has 0 aromatic carbocycles. The molecule has 5 heteroatoms. The Bertz CT molecular complexity index is 368. The zero-order valence-electron chi connectivity index (χ0n) is 11.1. The quantitative estimate of drug-likeness (QED) is 0.607. The van der Waals surface area contributed by atoms with Crippen molar-refractivity contribution in [2.24, 2.45) is 0 Å². The van der Waals surface area contributed by atoms with Crippen molar-refractivity contribution in [3.8, 4) is 0 Å². The van der Waals surface area contributed by atoms with E-state index < -0.39 is 0 Å². The van der Waals surface area contributed by atoms with Crippen LogP contribution in [0.4, 0.5) is 5.69 Å². The molecule has 0 radical (unpaired) electrons. The van der Waals surface area contributed by atoms with E-state index in [2.05, 4.69) is 27.9 Å². The molecule has 3 N–H and O–H groups in total. The number of hydrogen-bond donors (Lipinski definition) is 3. The van der Waals surface area contributed by atoms with Gasteiger partial charge in [-0.1, -0.05) is 6.92 Å². The van der Waals surface area contributed by atoms with Crippen LogP contribution in [0.3, 0.4) is 0 Å². The maximum absolute atomic E-state index is 11.6. The van der Waals surface area contributed by atoms with Crippen LogP contribution in [-0.4, -0.2) is 37.1 Å². The van der Waals surface area contributed by atoms with Crippen molar-refractivity contribution >= 4 is 11.6 Å². The Balaban J connectivity index is 2.42. The Morgan fingerprint density at radius 2 is 2.11 bits per heavy atom. The van der Waals surface area contributed by atoms with E-state index in [4.69, 9.17) is 0 Å². The average molecular weight is 250 g/mol. The predicted octanol–water partition coefficient (Wildman–Crippen LogP) is 1.24. The summed E-state index contributed by atoms with van der Waals surface area (Å²) in [5, 5.41) is 9.30. The van der Waals surface area contributed by atoms with E-state index in [9.17, 15) is 4.79 Å². The first-order chi connectivity index (χ1) is 8.77. The second-order valence-corrected chi connectivity index (χ2v) is 3.97. The fourth-order valence-corrected chi connectivity index (χ4v) is 1.51. The van der Waals surface area contributed by atoms with Crippen molar-refractivity contribution in [1.82, 2.24) is 15.6 Å². The molecule has 0 saturated heterocycles. The van der Waals surface area contributed by atoms with Gasteiger partial charge in [0.05, 0.1) is 0 Å².